The molecule has 0 saturated heterocycles. The lowest BCUT2D eigenvalue weighted by Crippen LogP contribution is -2.28. The van der Waals surface area contributed by atoms with Crippen LogP contribution in [0.2, 0.25) is 0 Å². The van der Waals surface area contributed by atoms with Crippen molar-refractivity contribution < 1.29 is 0 Å². The maximum absolute atomic E-state index is 2.41. The predicted molar refractivity (Wildman–Crippen MR) is 70.2 cm³/mol. The summed E-state index contributed by atoms with van der Waals surface area (Å²) in [6, 6.07) is 0.572. The van der Waals surface area contributed by atoms with Crippen LogP contribution in [0.5, 0.6) is 0 Å². The zero-order chi connectivity index (χ0) is 11.5. The minimum absolute atomic E-state index is 0.572. The highest BCUT2D eigenvalue weighted by Crippen LogP contribution is 2.06. The van der Waals surface area contributed by atoms with Crippen LogP contribution in [0.15, 0.2) is 24.3 Å². The maximum atomic E-state index is 2.41. The van der Waals surface area contributed by atoms with Gasteiger partial charge in [0.15, 0.2) is 0 Å². The van der Waals surface area contributed by atoms with E-state index in [1.54, 1.807) is 0 Å². The molecule has 0 aliphatic carbocycles. The normalized spacial score (nSPS) is 28.1. The van der Waals surface area contributed by atoms with Crippen molar-refractivity contribution in [3.63, 3.8) is 0 Å². The topological polar surface area (TPSA) is 3.24 Å². The molecule has 0 radical (unpaired) electrons. The molecule has 0 fully saturated rings. The van der Waals surface area contributed by atoms with Crippen molar-refractivity contribution in [3.8, 4) is 0 Å². The molecule has 0 aromatic rings. The number of nitrogens with zero attached hydrogens (tertiary/aromatic N) is 1. The Kier molecular flexibility index (Phi) is 9.60. The van der Waals surface area contributed by atoms with Crippen molar-refractivity contribution in [2.45, 2.75) is 52.5 Å². The average molecular weight is 209 g/mol. The summed E-state index contributed by atoms with van der Waals surface area (Å²) >= 11 is 0. The van der Waals surface area contributed by atoms with Gasteiger partial charge in [-0.2, -0.15) is 0 Å². The number of hydrogen-bond acceptors (Lipinski definition) is 1. The fourth-order valence-electron chi connectivity index (χ4n) is 1.55. The lowest BCUT2D eigenvalue weighted by Gasteiger charge is -2.21. The third kappa shape index (κ3) is 7.38. The highest BCUT2D eigenvalue weighted by atomic mass is 15.1. The molecule has 0 saturated carbocycles. The van der Waals surface area contributed by atoms with Crippen molar-refractivity contribution >= 4 is 0 Å². The number of rotatable bonds is 0. The molecule has 1 heteroatoms. The Labute approximate surface area is 95.9 Å². The van der Waals surface area contributed by atoms with Gasteiger partial charge in [0, 0.05) is 6.04 Å². The molecule has 1 aliphatic heterocycles. The van der Waals surface area contributed by atoms with E-state index < -0.39 is 0 Å². The fourth-order valence-corrected chi connectivity index (χ4v) is 1.55. The summed E-state index contributed by atoms with van der Waals surface area (Å²) in [5, 5.41) is 0. The molecule has 1 nitrogen and oxygen atoms in total. The van der Waals surface area contributed by atoms with Gasteiger partial charge in [-0.15, -0.1) is 0 Å². The van der Waals surface area contributed by atoms with Crippen LogP contribution >= 0.6 is 0 Å². The number of hydrogen-bond donors (Lipinski definition) is 0. The summed E-state index contributed by atoms with van der Waals surface area (Å²) in [6.07, 6.45) is 14.2. The SMILES string of the molecule is CC.CC1/C=C\C=C/CCCCCN1C. The van der Waals surface area contributed by atoms with Crippen molar-refractivity contribution in [2.24, 2.45) is 0 Å². The van der Waals surface area contributed by atoms with E-state index in [4.69, 9.17) is 0 Å². The average Bonchev–Trinajstić information content (AvgIpc) is 2.31. The van der Waals surface area contributed by atoms with Gasteiger partial charge in [-0.3, -0.25) is 0 Å². The van der Waals surface area contributed by atoms with Crippen LogP contribution in [0.3, 0.4) is 0 Å². The summed E-state index contributed by atoms with van der Waals surface area (Å²) < 4.78 is 0. The molecular weight excluding hydrogens is 182 g/mol. The Hall–Kier alpha value is -0.560. The Morgan fingerprint density at radius 1 is 1.07 bits per heavy atom. The first-order chi connectivity index (χ1) is 7.30. The summed E-state index contributed by atoms with van der Waals surface area (Å²) in [5.74, 6) is 0. The van der Waals surface area contributed by atoms with Crippen LogP contribution in [-0.4, -0.2) is 24.5 Å². The molecule has 1 aliphatic rings. The number of allylic oxidation sites excluding steroid dienone is 3. The number of likely N-dealkylation sites (N-methyl/N-ethyl adjacent to an activating group) is 1. The van der Waals surface area contributed by atoms with Crippen LogP contribution in [0, 0.1) is 0 Å². The van der Waals surface area contributed by atoms with Crippen LogP contribution in [0.4, 0.5) is 0 Å². The van der Waals surface area contributed by atoms with Gasteiger partial charge in [0.25, 0.3) is 0 Å². The van der Waals surface area contributed by atoms with E-state index in [9.17, 15) is 0 Å². The standard InChI is InChI=1S/C12H21N.C2H6/c1-12-10-8-6-4-3-5-7-9-11-13(12)2;1-2/h4,6,8,10,12H,3,5,7,9,11H2,1-2H3;1-2H3/b6-4-,10-8-;. The van der Waals surface area contributed by atoms with E-state index in [2.05, 4.69) is 43.2 Å². The Balaban J connectivity index is 0.000000921. The highest BCUT2D eigenvalue weighted by Gasteiger charge is 2.04. The quantitative estimate of drug-likeness (QED) is 0.582. The van der Waals surface area contributed by atoms with Crippen molar-refractivity contribution in [2.75, 3.05) is 13.6 Å². The Morgan fingerprint density at radius 2 is 1.80 bits per heavy atom. The fraction of sp³-hybridized carbons (Fsp3) is 0.714. The molecule has 88 valence electrons. The van der Waals surface area contributed by atoms with Crippen molar-refractivity contribution in [3.05, 3.63) is 24.3 Å². The summed E-state index contributed by atoms with van der Waals surface area (Å²) in [6.45, 7) is 7.48. The molecule has 0 N–H and O–H groups in total. The second-order valence-electron chi connectivity index (χ2n) is 3.88. The van der Waals surface area contributed by atoms with E-state index in [0.29, 0.717) is 6.04 Å². The smallest absolute Gasteiger partial charge is 0.0249 e. The third-order valence-corrected chi connectivity index (χ3v) is 2.71. The minimum atomic E-state index is 0.572. The van der Waals surface area contributed by atoms with E-state index in [-0.39, 0.29) is 0 Å². The first-order valence-electron chi connectivity index (χ1n) is 6.34. The van der Waals surface area contributed by atoms with Crippen LogP contribution < -0.4 is 0 Å². The van der Waals surface area contributed by atoms with Gasteiger partial charge >= 0.3 is 0 Å². The molecule has 1 atom stereocenters. The van der Waals surface area contributed by atoms with Gasteiger partial charge in [0.2, 0.25) is 0 Å². The Morgan fingerprint density at radius 3 is 2.53 bits per heavy atom. The molecule has 0 aromatic heterocycles. The molecule has 0 spiro atoms. The molecule has 0 amide bonds. The molecule has 1 heterocycles. The van der Waals surface area contributed by atoms with Gasteiger partial charge in [0.1, 0.15) is 0 Å². The molecule has 1 unspecified atom stereocenters. The molecule has 1 rings (SSSR count). The summed E-state index contributed by atoms with van der Waals surface area (Å²) in [4.78, 5) is 2.41. The summed E-state index contributed by atoms with van der Waals surface area (Å²) in [5.41, 5.74) is 0. The largest absolute Gasteiger partial charge is 0.300 e. The van der Waals surface area contributed by atoms with Gasteiger partial charge in [0.05, 0.1) is 0 Å². The van der Waals surface area contributed by atoms with Crippen molar-refractivity contribution in [1.82, 2.24) is 4.90 Å². The van der Waals surface area contributed by atoms with E-state index >= 15 is 0 Å². The monoisotopic (exact) mass is 209 g/mol. The molecule has 0 bridgehead atoms. The van der Waals surface area contributed by atoms with E-state index in [0.717, 1.165) is 0 Å². The van der Waals surface area contributed by atoms with E-state index in [1.807, 2.05) is 13.8 Å². The van der Waals surface area contributed by atoms with Crippen LogP contribution in [-0.2, 0) is 0 Å². The third-order valence-electron chi connectivity index (χ3n) is 2.71. The van der Waals surface area contributed by atoms with Crippen LogP contribution in [0.1, 0.15) is 46.5 Å². The zero-order valence-electron chi connectivity index (χ0n) is 10.9. The van der Waals surface area contributed by atoms with Crippen LogP contribution in [0.25, 0.3) is 0 Å². The van der Waals surface area contributed by atoms with Crippen molar-refractivity contribution in [1.29, 1.82) is 0 Å². The molecule has 15 heavy (non-hydrogen) atoms. The van der Waals surface area contributed by atoms with Gasteiger partial charge in [-0.05, 0) is 39.8 Å². The maximum Gasteiger partial charge on any atom is 0.0249 e. The lowest BCUT2D eigenvalue weighted by atomic mass is 10.2. The first kappa shape index (κ1) is 14.4. The molecule has 0 aromatic carbocycles. The second kappa shape index (κ2) is 9.97. The van der Waals surface area contributed by atoms with E-state index in [1.165, 1.54) is 32.2 Å². The minimum Gasteiger partial charge on any atom is -0.300 e. The zero-order valence-corrected chi connectivity index (χ0v) is 10.9. The predicted octanol–water partition coefficient (Wildman–Crippen LogP) is 4.02. The van der Waals surface area contributed by atoms with Gasteiger partial charge in [-0.25, -0.2) is 0 Å². The molecular formula is C14H27N. The Bertz CT molecular complexity index is 182. The lowest BCUT2D eigenvalue weighted by molar-refractivity contribution is 0.290. The second-order valence-corrected chi connectivity index (χ2v) is 3.88. The summed E-state index contributed by atoms with van der Waals surface area (Å²) in [7, 11) is 2.20. The van der Waals surface area contributed by atoms with Gasteiger partial charge in [-0.1, -0.05) is 44.6 Å². The highest BCUT2D eigenvalue weighted by molar-refractivity contribution is 5.05. The first-order valence-corrected chi connectivity index (χ1v) is 6.34. The van der Waals surface area contributed by atoms with Gasteiger partial charge < -0.3 is 4.90 Å².